The first-order chi connectivity index (χ1) is 21.5. The van der Waals surface area contributed by atoms with Gasteiger partial charge in [0.05, 0.1) is 39.0 Å². The number of benzene rings is 3. The monoisotopic (exact) mass is 657 g/mol. The van der Waals surface area contributed by atoms with Crippen LogP contribution in [0.3, 0.4) is 0 Å². The fraction of sp³-hybridized carbons (Fsp3) is 0.250. The average molecular weight is 659 g/mol. The number of hydrogen-bond acceptors (Lipinski definition) is 5. The van der Waals surface area contributed by atoms with E-state index in [1.165, 1.54) is 24.0 Å². The van der Waals surface area contributed by atoms with Crippen molar-refractivity contribution < 1.29 is 9.53 Å². The van der Waals surface area contributed by atoms with Crippen LogP contribution in [-0.4, -0.2) is 22.2 Å². The Kier molecular flexibility index (Phi) is 8.37. The fourth-order valence-corrected chi connectivity index (χ4v) is 7.38. The van der Waals surface area contributed by atoms with Gasteiger partial charge in [0, 0.05) is 28.7 Å². The lowest BCUT2D eigenvalue weighted by molar-refractivity contribution is -0.136. The summed E-state index contributed by atoms with van der Waals surface area (Å²) < 4.78 is 9.58. The first-order valence-corrected chi connectivity index (χ1v) is 16.3. The molecule has 1 aliphatic heterocycles. The second-order valence-corrected chi connectivity index (χ2v) is 13.6. The summed E-state index contributed by atoms with van der Waals surface area (Å²) in [5.41, 5.74) is 7.86. The Labute approximate surface area is 275 Å². The second kappa shape index (κ2) is 12.1. The Morgan fingerprint density at radius 3 is 2.42 bits per heavy atom. The van der Waals surface area contributed by atoms with Gasteiger partial charge in [-0.15, -0.1) is 0 Å². The van der Waals surface area contributed by atoms with Crippen LogP contribution in [0.2, 0.25) is 10.0 Å². The number of allylic oxidation sites excluding steroid dienone is 1. The van der Waals surface area contributed by atoms with Crippen LogP contribution in [0.15, 0.2) is 81.7 Å². The van der Waals surface area contributed by atoms with Gasteiger partial charge in [-0.3, -0.25) is 9.36 Å². The highest BCUT2D eigenvalue weighted by Crippen LogP contribution is 2.33. The maximum atomic E-state index is 14.3. The zero-order valence-corrected chi connectivity index (χ0v) is 28.3. The molecule has 0 radical (unpaired) electrons. The van der Waals surface area contributed by atoms with Crippen molar-refractivity contribution in [2.24, 2.45) is 4.99 Å². The van der Waals surface area contributed by atoms with Crippen molar-refractivity contribution in [2.75, 3.05) is 7.11 Å². The summed E-state index contributed by atoms with van der Waals surface area (Å²) in [5.74, 6) is -0.149. The molecule has 1 atom stereocenters. The summed E-state index contributed by atoms with van der Waals surface area (Å²) in [4.78, 5) is 32.7. The minimum absolute atomic E-state index is 0.206. The summed E-state index contributed by atoms with van der Waals surface area (Å²) in [6.45, 7) is 10.8. The van der Waals surface area contributed by atoms with E-state index in [2.05, 4.69) is 62.6 Å². The zero-order chi connectivity index (χ0) is 32.2. The third kappa shape index (κ3) is 5.58. The summed E-state index contributed by atoms with van der Waals surface area (Å²) in [5, 5.41) is 2.07. The number of halogens is 2. The molecule has 0 fully saturated rings. The van der Waals surface area contributed by atoms with E-state index in [1.807, 2.05) is 36.4 Å². The zero-order valence-electron chi connectivity index (χ0n) is 25.9. The molecule has 9 heteroatoms. The minimum Gasteiger partial charge on any atom is -0.466 e. The Morgan fingerprint density at radius 1 is 1.02 bits per heavy atom. The maximum absolute atomic E-state index is 14.3. The molecule has 0 amide bonds. The largest absolute Gasteiger partial charge is 0.466 e. The lowest BCUT2D eigenvalue weighted by Crippen LogP contribution is -2.39. The molecular formula is C36H33Cl2N3O3S. The predicted octanol–water partition coefficient (Wildman–Crippen LogP) is 7.46. The molecule has 0 spiro atoms. The summed E-state index contributed by atoms with van der Waals surface area (Å²) in [7, 11) is 1.35. The van der Waals surface area contributed by atoms with E-state index in [0.29, 0.717) is 43.1 Å². The van der Waals surface area contributed by atoms with Crippen LogP contribution in [0, 0.1) is 13.8 Å². The number of rotatable bonds is 6. The van der Waals surface area contributed by atoms with Gasteiger partial charge in [0.1, 0.15) is 0 Å². The van der Waals surface area contributed by atoms with Gasteiger partial charge < -0.3 is 9.30 Å². The molecule has 0 aliphatic carbocycles. The van der Waals surface area contributed by atoms with Crippen LogP contribution in [-0.2, 0) is 16.1 Å². The first kappa shape index (κ1) is 31.1. The number of ether oxygens (including phenoxy) is 1. The van der Waals surface area contributed by atoms with E-state index in [-0.39, 0.29) is 5.56 Å². The Hall–Kier alpha value is -3.91. The second-order valence-electron chi connectivity index (χ2n) is 11.7. The Balaban J connectivity index is 1.55. The molecule has 3 aromatic carbocycles. The number of carbonyl (C=O) groups is 1. The molecule has 6 rings (SSSR count). The molecule has 0 bridgehead atoms. The quantitative estimate of drug-likeness (QED) is 0.178. The van der Waals surface area contributed by atoms with E-state index in [1.54, 1.807) is 11.5 Å². The summed E-state index contributed by atoms with van der Waals surface area (Å²) >= 11 is 13.8. The number of thiazole rings is 1. The number of methoxy groups -OCH3 is 1. The molecule has 0 N–H and O–H groups in total. The Morgan fingerprint density at radius 2 is 1.76 bits per heavy atom. The maximum Gasteiger partial charge on any atom is 0.338 e. The molecule has 230 valence electrons. The van der Waals surface area contributed by atoms with E-state index < -0.39 is 12.0 Å². The summed E-state index contributed by atoms with van der Waals surface area (Å²) in [6, 6.07) is 19.4. The molecule has 45 heavy (non-hydrogen) atoms. The van der Waals surface area contributed by atoms with Gasteiger partial charge in [0.25, 0.3) is 5.56 Å². The van der Waals surface area contributed by atoms with Gasteiger partial charge in [-0.1, -0.05) is 90.3 Å². The van der Waals surface area contributed by atoms with Crippen LogP contribution in [0.5, 0.6) is 0 Å². The molecule has 2 aromatic heterocycles. The number of aromatic nitrogens is 2. The highest BCUT2D eigenvalue weighted by atomic mass is 35.5. The third-order valence-corrected chi connectivity index (χ3v) is 10.2. The van der Waals surface area contributed by atoms with Crippen molar-refractivity contribution in [3.8, 4) is 0 Å². The fourth-order valence-electron chi connectivity index (χ4n) is 6.03. The van der Waals surface area contributed by atoms with Gasteiger partial charge in [-0.25, -0.2) is 9.79 Å². The molecule has 0 saturated carbocycles. The molecule has 6 nitrogen and oxygen atoms in total. The molecule has 0 unspecified atom stereocenters. The summed E-state index contributed by atoms with van der Waals surface area (Å²) in [6.07, 6.45) is 1.96. The first-order valence-electron chi connectivity index (χ1n) is 14.7. The van der Waals surface area contributed by atoms with Gasteiger partial charge in [0.2, 0.25) is 0 Å². The molecule has 5 aromatic rings. The van der Waals surface area contributed by atoms with Gasteiger partial charge in [-0.05, 0) is 73.7 Å². The average Bonchev–Trinajstić information content (AvgIpc) is 3.45. The predicted molar refractivity (Wildman–Crippen MR) is 183 cm³/mol. The standard InChI is InChI=1S/C36H33Cl2N3O3S/c1-19(2)24-9-11-25(12-10-24)33-32(35(43)44-6)21(4)39-36-41(33)34(42)31(45-36)17-26-22(5)40(30-14-7-20(3)15-27(26)30)18-23-8-13-28(37)29(38)16-23/h7-17,19,33H,18H2,1-6H3/b31-17-/t33-/m1/s1. The van der Waals surface area contributed by atoms with Crippen LogP contribution < -0.4 is 14.9 Å². The highest BCUT2D eigenvalue weighted by Gasteiger charge is 2.33. The van der Waals surface area contributed by atoms with E-state index in [4.69, 9.17) is 32.9 Å². The minimum atomic E-state index is -0.656. The number of nitrogens with zero attached hydrogens (tertiary/aromatic N) is 3. The van der Waals surface area contributed by atoms with Crippen molar-refractivity contribution in [1.29, 1.82) is 0 Å². The number of fused-ring (bicyclic) bond motifs is 2. The van der Waals surface area contributed by atoms with Crippen molar-refractivity contribution in [2.45, 2.75) is 53.1 Å². The lowest BCUT2D eigenvalue weighted by atomic mass is 9.93. The van der Waals surface area contributed by atoms with Crippen LogP contribution in [0.25, 0.3) is 17.0 Å². The normalized spacial score (nSPS) is 15.1. The number of carbonyl (C=O) groups excluding carboxylic acids is 1. The molecule has 1 aliphatic rings. The number of hydrogen-bond donors (Lipinski definition) is 0. The van der Waals surface area contributed by atoms with E-state index in [9.17, 15) is 9.59 Å². The van der Waals surface area contributed by atoms with Gasteiger partial charge >= 0.3 is 5.97 Å². The molecule has 3 heterocycles. The van der Waals surface area contributed by atoms with Crippen molar-refractivity contribution >= 4 is 57.5 Å². The third-order valence-electron chi connectivity index (χ3n) is 8.47. The number of esters is 1. The van der Waals surface area contributed by atoms with E-state index in [0.717, 1.165) is 38.9 Å². The Bertz CT molecular complexity index is 2200. The van der Waals surface area contributed by atoms with Crippen molar-refractivity contribution in [1.82, 2.24) is 9.13 Å². The van der Waals surface area contributed by atoms with Crippen LogP contribution in [0.1, 0.15) is 66.2 Å². The van der Waals surface area contributed by atoms with Gasteiger partial charge in [-0.2, -0.15) is 0 Å². The van der Waals surface area contributed by atoms with Crippen molar-refractivity contribution in [3.63, 3.8) is 0 Å². The highest BCUT2D eigenvalue weighted by molar-refractivity contribution is 7.07. The smallest absolute Gasteiger partial charge is 0.338 e. The number of aryl methyl sites for hydroxylation is 1. The topological polar surface area (TPSA) is 65.6 Å². The van der Waals surface area contributed by atoms with E-state index >= 15 is 0 Å². The van der Waals surface area contributed by atoms with Gasteiger partial charge in [0.15, 0.2) is 4.80 Å². The SMILES string of the molecule is COC(=O)C1=C(C)N=c2s/c(=C\c3c(C)n(Cc4ccc(Cl)c(Cl)c4)c4ccc(C)cc34)c(=O)n2[C@@H]1c1ccc(C(C)C)cc1. The molecular weight excluding hydrogens is 625 g/mol. The molecule has 0 saturated heterocycles. The van der Waals surface area contributed by atoms with Crippen LogP contribution >= 0.6 is 34.5 Å². The van der Waals surface area contributed by atoms with Crippen LogP contribution in [0.4, 0.5) is 0 Å². The lowest BCUT2D eigenvalue weighted by Gasteiger charge is -2.24. The van der Waals surface area contributed by atoms with Crippen molar-refractivity contribution in [3.05, 3.63) is 135 Å².